The average Bonchev–Trinajstić information content (AvgIpc) is 3.24. The Kier molecular flexibility index (Phi) is 5.28. The summed E-state index contributed by atoms with van der Waals surface area (Å²) in [6.45, 7) is 8.86. The second-order valence-electron chi connectivity index (χ2n) is 9.57. The maximum absolute atomic E-state index is 13.5. The smallest absolute Gasteiger partial charge is 0.260 e. The van der Waals surface area contributed by atoms with Gasteiger partial charge in [-0.2, -0.15) is 0 Å². The monoisotopic (exact) mass is 445 g/mol. The number of nitrogens with two attached hydrogens (primary N) is 1. The lowest BCUT2D eigenvalue weighted by molar-refractivity contribution is 0.0996. The molecule has 3 aromatic rings. The first-order valence-electron chi connectivity index (χ1n) is 11.8. The second kappa shape index (κ2) is 8.02. The van der Waals surface area contributed by atoms with Crippen LogP contribution in [0.2, 0.25) is 0 Å². The molecule has 0 unspecified atom stereocenters. The van der Waals surface area contributed by atoms with Crippen LogP contribution in [0.1, 0.15) is 92.8 Å². The van der Waals surface area contributed by atoms with Crippen LogP contribution in [0.25, 0.3) is 11.5 Å². The zero-order valence-electron chi connectivity index (χ0n) is 19.7. The third kappa shape index (κ3) is 3.62. The fraction of sp³-hybridized carbons (Fsp3) is 0.480. The van der Waals surface area contributed by atoms with Gasteiger partial charge in [-0.15, -0.1) is 10.2 Å². The highest BCUT2D eigenvalue weighted by Crippen LogP contribution is 2.48. The van der Waals surface area contributed by atoms with Crippen LogP contribution in [0.3, 0.4) is 0 Å². The van der Waals surface area contributed by atoms with E-state index in [9.17, 15) is 4.79 Å². The molecule has 0 aromatic carbocycles. The molecule has 8 nitrogen and oxygen atoms in total. The van der Waals surface area contributed by atoms with E-state index in [1.54, 1.807) is 11.2 Å². The van der Waals surface area contributed by atoms with Gasteiger partial charge in [0.2, 0.25) is 0 Å². The van der Waals surface area contributed by atoms with Crippen LogP contribution >= 0.6 is 0 Å². The normalized spacial score (nSPS) is 17.5. The zero-order chi connectivity index (χ0) is 23.3. The van der Waals surface area contributed by atoms with Crippen molar-refractivity contribution in [2.75, 3.05) is 4.90 Å². The quantitative estimate of drug-likeness (QED) is 0.581. The lowest BCUT2D eigenvalue weighted by Gasteiger charge is -2.18. The van der Waals surface area contributed by atoms with E-state index in [4.69, 9.17) is 15.7 Å². The number of fused-ring (bicyclic) bond motifs is 1. The van der Waals surface area contributed by atoms with Gasteiger partial charge in [-0.3, -0.25) is 14.7 Å². The lowest BCUT2D eigenvalue weighted by atomic mass is 9.97. The van der Waals surface area contributed by atoms with Crippen molar-refractivity contribution in [3.8, 4) is 11.5 Å². The summed E-state index contributed by atoms with van der Waals surface area (Å²) in [7, 11) is 0. The van der Waals surface area contributed by atoms with Crippen LogP contribution in [0.5, 0.6) is 0 Å². The van der Waals surface area contributed by atoms with Gasteiger partial charge in [-0.05, 0) is 50.8 Å². The Balaban J connectivity index is 1.52. The summed E-state index contributed by atoms with van der Waals surface area (Å²) < 4.78 is 2.08. The van der Waals surface area contributed by atoms with Gasteiger partial charge in [0.1, 0.15) is 17.8 Å². The van der Waals surface area contributed by atoms with E-state index in [-0.39, 0.29) is 17.4 Å². The Hall–Kier alpha value is -3.13. The molecule has 1 saturated carbocycles. The Morgan fingerprint density at radius 2 is 1.94 bits per heavy atom. The fourth-order valence-electron chi connectivity index (χ4n) is 4.71. The number of rotatable bonds is 7. The summed E-state index contributed by atoms with van der Waals surface area (Å²) in [6.07, 6.45) is 5.91. The standard InChI is InChI=1S/C25H31N7O/c1-5-16(6-2)32-14-27-30-23(32)19-8-7-9-21(28-19)31-13-18-17(24(31)33)12-20(25(4)10-11-25)29-22(18)15(3)26/h7-9,12,14-16H,5-6,10-11,13,26H2,1-4H3/t15-/m1/s1. The first kappa shape index (κ1) is 21.7. The van der Waals surface area contributed by atoms with Crippen molar-refractivity contribution in [1.29, 1.82) is 0 Å². The number of hydrogen-bond acceptors (Lipinski definition) is 6. The fourth-order valence-corrected chi connectivity index (χ4v) is 4.71. The maximum Gasteiger partial charge on any atom is 0.260 e. The highest BCUT2D eigenvalue weighted by molar-refractivity contribution is 6.10. The summed E-state index contributed by atoms with van der Waals surface area (Å²) >= 11 is 0. The number of anilines is 1. The Labute approximate surface area is 194 Å². The van der Waals surface area contributed by atoms with Gasteiger partial charge in [0, 0.05) is 34.3 Å². The van der Waals surface area contributed by atoms with Crippen LogP contribution in [0, 0.1) is 0 Å². The topological polar surface area (TPSA) is 103 Å². The van der Waals surface area contributed by atoms with Crippen LogP contribution in [-0.2, 0) is 12.0 Å². The largest absolute Gasteiger partial charge is 0.323 e. The van der Waals surface area contributed by atoms with Crippen molar-refractivity contribution in [3.63, 3.8) is 0 Å². The number of carbonyl (C=O) groups excluding carboxylic acids is 1. The minimum absolute atomic E-state index is 0.0501. The summed E-state index contributed by atoms with van der Waals surface area (Å²) in [6, 6.07) is 7.74. The number of aromatic nitrogens is 5. The highest BCUT2D eigenvalue weighted by atomic mass is 16.2. The van der Waals surface area contributed by atoms with Gasteiger partial charge in [0.05, 0.1) is 12.2 Å². The van der Waals surface area contributed by atoms with Gasteiger partial charge < -0.3 is 10.3 Å². The molecule has 2 N–H and O–H groups in total. The van der Waals surface area contributed by atoms with Crippen molar-refractivity contribution in [1.82, 2.24) is 24.7 Å². The molecular formula is C25H31N7O. The third-order valence-corrected chi connectivity index (χ3v) is 7.15. The molecule has 5 rings (SSSR count). The van der Waals surface area contributed by atoms with Gasteiger partial charge in [0.25, 0.3) is 5.91 Å². The second-order valence-corrected chi connectivity index (χ2v) is 9.57. The maximum atomic E-state index is 13.5. The molecule has 0 bridgehead atoms. The average molecular weight is 446 g/mol. The van der Waals surface area contributed by atoms with Crippen LogP contribution in [-0.4, -0.2) is 30.6 Å². The van der Waals surface area contributed by atoms with Gasteiger partial charge >= 0.3 is 0 Å². The molecule has 1 amide bonds. The molecular weight excluding hydrogens is 414 g/mol. The number of pyridine rings is 2. The predicted molar refractivity (Wildman–Crippen MR) is 127 cm³/mol. The van der Waals surface area contributed by atoms with Gasteiger partial charge in [-0.1, -0.05) is 26.8 Å². The first-order valence-corrected chi connectivity index (χ1v) is 11.8. The molecule has 1 atom stereocenters. The van der Waals surface area contributed by atoms with Crippen molar-refractivity contribution < 1.29 is 4.79 Å². The molecule has 3 aromatic heterocycles. The summed E-state index contributed by atoms with van der Waals surface area (Å²) in [4.78, 5) is 25.0. The molecule has 1 aliphatic carbocycles. The van der Waals surface area contributed by atoms with Crippen molar-refractivity contribution >= 4 is 11.7 Å². The van der Waals surface area contributed by atoms with E-state index in [2.05, 4.69) is 35.5 Å². The molecule has 0 spiro atoms. The van der Waals surface area contributed by atoms with Gasteiger partial charge in [0.15, 0.2) is 5.82 Å². The van der Waals surface area contributed by atoms with E-state index in [0.29, 0.717) is 29.7 Å². The number of amides is 1. The molecule has 1 fully saturated rings. The van der Waals surface area contributed by atoms with Crippen molar-refractivity contribution in [2.24, 2.45) is 5.73 Å². The molecule has 2 aliphatic rings. The van der Waals surface area contributed by atoms with E-state index in [1.807, 2.05) is 31.2 Å². The van der Waals surface area contributed by atoms with E-state index in [1.165, 1.54) is 0 Å². The summed E-state index contributed by atoms with van der Waals surface area (Å²) in [5.41, 5.74) is 10.5. The zero-order valence-corrected chi connectivity index (χ0v) is 19.7. The molecule has 172 valence electrons. The number of nitrogens with zero attached hydrogens (tertiary/aromatic N) is 6. The molecule has 0 saturated heterocycles. The van der Waals surface area contributed by atoms with Gasteiger partial charge in [-0.25, -0.2) is 4.98 Å². The number of hydrogen-bond donors (Lipinski definition) is 1. The van der Waals surface area contributed by atoms with E-state index >= 15 is 0 Å². The third-order valence-electron chi connectivity index (χ3n) is 7.15. The number of carbonyl (C=O) groups is 1. The first-order chi connectivity index (χ1) is 15.9. The Morgan fingerprint density at radius 3 is 2.61 bits per heavy atom. The van der Waals surface area contributed by atoms with E-state index in [0.717, 1.165) is 48.5 Å². The Bertz CT molecular complexity index is 1210. The summed E-state index contributed by atoms with van der Waals surface area (Å²) in [5.74, 6) is 1.27. The predicted octanol–water partition coefficient (Wildman–Crippen LogP) is 4.33. The highest BCUT2D eigenvalue weighted by Gasteiger charge is 2.43. The van der Waals surface area contributed by atoms with Crippen molar-refractivity contribution in [2.45, 2.75) is 77.4 Å². The van der Waals surface area contributed by atoms with Crippen LogP contribution < -0.4 is 10.6 Å². The van der Waals surface area contributed by atoms with E-state index < -0.39 is 0 Å². The molecule has 0 radical (unpaired) electrons. The minimum atomic E-state index is -0.244. The van der Waals surface area contributed by atoms with Crippen molar-refractivity contribution in [3.05, 3.63) is 53.1 Å². The summed E-state index contributed by atoms with van der Waals surface area (Å²) in [5, 5.41) is 8.46. The Morgan fingerprint density at radius 1 is 1.18 bits per heavy atom. The molecule has 33 heavy (non-hydrogen) atoms. The SMILES string of the molecule is CCC(CC)n1cnnc1-c1cccc(N2Cc3c(cc(C4(C)CC4)nc3[C@@H](C)N)C2=O)n1. The lowest BCUT2D eigenvalue weighted by Crippen LogP contribution is -2.24. The molecule has 8 heteroatoms. The van der Waals surface area contributed by atoms with Crippen LogP contribution in [0.15, 0.2) is 30.6 Å². The minimum Gasteiger partial charge on any atom is -0.323 e. The molecule has 1 aliphatic heterocycles. The van der Waals surface area contributed by atoms with Crippen LogP contribution in [0.4, 0.5) is 5.82 Å². The molecule has 4 heterocycles.